The van der Waals surface area contributed by atoms with Crippen LogP contribution in [0.3, 0.4) is 0 Å². The maximum atomic E-state index is 12.0. The molecule has 0 amide bonds. The summed E-state index contributed by atoms with van der Waals surface area (Å²) in [6.07, 6.45) is 1.78. The maximum absolute atomic E-state index is 12.0. The Bertz CT molecular complexity index is 660. The lowest BCUT2D eigenvalue weighted by Gasteiger charge is -2.19. The number of fused-ring (bicyclic) bond motifs is 1. The zero-order valence-electron chi connectivity index (χ0n) is 13.2. The molecule has 0 aromatic heterocycles. The van der Waals surface area contributed by atoms with Crippen LogP contribution in [0.4, 0.5) is 0 Å². The van der Waals surface area contributed by atoms with Crippen molar-refractivity contribution in [1.29, 1.82) is 0 Å². The van der Waals surface area contributed by atoms with Gasteiger partial charge in [0.1, 0.15) is 0 Å². The second kappa shape index (κ2) is 6.71. The average molecular weight is 304 g/mol. The fourth-order valence-electron chi connectivity index (χ4n) is 2.87. The molecular weight excluding hydrogens is 280 g/mol. The number of hydrogen-bond donors (Lipinski definition) is 1. The predicted octanol–water partition coefficient (Wildman–Crippen LogP) is 4.82. The van der Waals surface area contributed by atoms with Gasteiger partial charge in [0, 0.05) is 5.39 Å². The van der Waals surface area contributed by atoms with Crippen LogP contribution in [0, 0.1) is 11.8 Å². The fraction of sp³-hybridized carbons (Fsp3) is 0.444. The van der Waals surface area contributed by atoms with Crippen molar-refractivity contribution in [3.63, 3.8) is 0 Å². The van der Waals surface area contributed by atoms with Crippen molar-refractivity contribution < 1.29 is 8.76 Å². The zero-order chi connectivity index (χ0) is 15.6. The lowest BCUT2D eigenvalue weighted by molar-refractivity contribution is 0.559. The van der Waals surface area contributed by atoms with Gasteiger partial charge >= 0.3 is 0 Å². The van der Waals surface area contributed by atoms with Gasteiger partial charge in [-0.2, -0.15) is 0 Å². The van der Waals surface area contributed by atoms with E-state index in [1.165, 1.54) is 5.56 Å². The van der Waals surface area contributed by atoms with Crippen LogP contribution in [0.2, 0.25) is 0 Å². The van der Waals surface area contributed by atoms with Gasteiger partial charge in [0.2, 0.25) is 0 Å². The molecular formula is C18H24O2S. The smallest absolute Gasteiger partial charge is 0.187 e. The summed E-state index contributed by atoms with van der Waals surface area (Å²) < 4.78 is 21.8. The van der Waals surface area contributed by atoms with Gasteiger partial charge < -0.3 is 4.55 Å². The molecule has 2 rings (SSSR count). The Labute approximate surface area is 129 Å². The van der Waals surface area contributed by atoms with Crippen LogP contribution in [0.15, 0.2) is 35.2 Å². The monoisotopic (exact) mass is 304 g/mol. The van der Waals surface area contributed by atoms with E-state index in [-0.39, 0.29) is 0 Å². The highest BCUT2D eigenvalue weighted by Crippen LogP contribution is 2.31. The standard InChI is InChI=1S/C18H24O2S/c1-12(2)9-15-11-14-7-5-6-8-16(14)18(21(19)20)17(15)10-13(3)4/h5-8,11-13H,9-10H2,1-4H3,(H,19,20). The fourth-order valence-corrected chi connectivity index (χ4v) is 3.67. The van der Waals surface area contributed by atoms with E-state index >= 15 is 0 Å². The summed E-state index contributed by atoms with van der Waals surface area (Å²) in [7, 11) is 0. The van der Waals surface area contributed by atoms with E-state index in [0.717, 1.165) is 29.2 Å². The van der Waals surface area contributed by atoms with Crippen molar-refractivity contribution >= 4 is 21.9 Å². The van der Waals surface area contributed by atoms with Gasteiger partial charge in [-0.05, 0) is 41.2 Å². The Hall–Kier alpha value is -1.19. The molecule has 1 atom stereocenters. The summed E-state index contributed by atoms with van der Waals surface area (Å²) >= 11 is -1.96. The first-order chi connectivity index (χ1) is 9.90. The third kappa shape index (κ3) is 3.72. The van der Waals surface area contributed by atoms with Crippen molar-refractivity contribution in [3.8, 4) is 0 Å². The summed E-state index contributed by atoms with van der Waals surface area (Å²) in [6, 6.07) is 10.1. The molecule has 3 heteroatoms. The van der Waals surface area contributed by atoms with E-state index in [4.69, 9.17) is 0 Å². The first-order valence-corrected chi connectivity index (χ1v) is 8.65. The highest BCUT2D eigenvalue weighted by Gasteiger charge is 2.18. The van der Waals surface area contributed by atoms with E-state index in [1.807, 2.05) is 24.3 Å². The predicted molar refractivity (Wildman–Crippen MR) is 90.1 cm³/mol. The molecule has 21 heavy (non-hydrogen) atoms. The van der Waals surface area contributed by atoms with E-state index in [0.29, 0.717) is 16.7 Å². The van der Waals surface area contributed by atoms with Crippen LogP contribution in [0.25, 0.3) is 10.8 Å². The van der Waals surface area contributed by atoms with Crippen LogP contribution >= 0.6 is 0 Å². The molecule has 0 fully saturated rings. The van der Waals surface area contributed by atoms with Crippen LogP contribution < -0.4 is 0 Å². The second-order valence-corrected chi connectivity index (χ2v) is 7.42. The van der Waals surface area contributed by atoms with E-state index in [1.54, 1.807) is 0 Å². The Morgan fingerprint density at radius 3 is 2.24 bits per heavy atom. The summed E-state index contributed by atoms with van der Waals surface area (Å²) in [4.78, 5) is 0.609. The Morgan fingerprint density at radius 1 is 1.05 bits per heavy atom. The van der Waals surface area contributed by atoms with Gasteiger partial charge in [0.25, 0.3) is 0 Å². The molecule has 1 unspecified atom stereocenters. The number of rotatable bonds is 5. The Morgan fingerprint density at radius 2 is 1.67 bits per heavy atom. The molecule has 1 N–H and O–H groups in total. The van der Waals surface area contributed by atoms with Gasteiger partial charge in [0.05, 0.1) is 4.90 Å². The van der Waals surface area contributed by atoms with E-state index < -0.39 is 11.1 Å². The maximum Gasteiger partial charge on any atom is 0.187 e. The van der Waals surface area contributed by atoms with Crippen LogP contribution in [0.5, 0.6) is 0 Å². The highest BCUT2D eigenvalue weighted by atomic mass is 32.2. The van der Waals surface area contributed by atoms with Gasteiger partial charge in [-0.1, -0.05) is 58.0 Å². The number of hydrogen-bond acceptors (Lipinski definition) is 1. The zero-order valence-corrected chi connectivity index (χ0v) is 14.0. The van der Waals surface area contributed by atoms with Gasteiger partial charge in [0.15, 0.2) is 11.1 Å². The topological polar surface area (TPSA) is 37.3 Å². The third-order valence-electron chi connectivity index (χ3n) is 3.61. The van der Waals surface area contributed by atoms with Gasteiger partial charge in [-0.3, -0.25) is 0 Å². The van der Waals surface area contributed by atoms with Crippen molar-refractivity contribution in [2.45, 2.75) is 45.4 Å². The van der Waals surface area contributed by atoms with Gasteiger partial charge in [-0.25, -0.2) is 4.21 Å². The normalized spacial score (nSPS) is 13.3. The Balaban J connectivity index is 2.76. The van der Waals surface area contributed by atoms with Crippen LogP contribution in [-0.2, 0) is 23.9 Å². The molecule has 0 aliphatic rings. The third-order valence-corrected chi connectivity index (χ3v) is 4.43. The first kappa shape index (κ1) is 16.2. The molecule has 0 heterocycles. The van der Waals surface area contributed by atoms with Crippen LogP contribution in [-0.4, -0.2) is 8.76 Å². The second-order valence-electron chi connectivity index (χ2n) is 6.51. The summed E-state index contributed by atoms with van der Waals surface area (Å²) in [5.41, 5.74) is 2.29. The Kier molecular flexibility index (Phi) is 5.17. The molecule has 0 saturated heterocycles. The minimum atomic E-state index is -1.96. The number of benzene rings is 2. The van der Waals surface area contributed by atoms with Crippen molar-refractivity contribution in [3.05, 3.63) is 41.5 Å². The highest BCUT2D eigenvalue weighted by molar-refractivity contribution is 7.79. The van der Waals surface area contributed by atoms with Gasteiger partial charge in [-0.15, -0.1) is 0 Å². The summed E-state index contributed by atoms with van der Waals surface area (Å²) in [5.74, 6) is 0.983. The molecule has 2 aromatic carbocycles. The van der Waals surface area contributed by atoms with Crippen molar-refractivity contribution in [2.75, 3.05) is 0 Å². The molecule has 0 radical (unpaired) electrons. The quantitative estimate of drug-likeness (QED) is 0.804. The SMILES string of the molecule is CC(C)Cc1cc2ccccc2c(S(=O)O)c1CC(C)C. The van der Waals surface area contributed by atoms with Crippen molar-refractivity contribution in [1.82, 2.24) is 0 Å². The minimum absolute atomic E-state index is 0.458. The minimum Gasteiger partial charge on any atom is -0.302 e. The molecule has 0 aliphatic heterocycles. The molecule has 2 aromatic rings. The molecule has 114 valence electrons. The van der Waals surface area contributed by atoms with E-state index in [9.17, 15) is 8.76 Å². The lowest BCUT2D eigenvalue weighted by atomic mass is 9.90. The molecule has 0 aliphatic carbocycles. The van der Waals surface area contributed by atoms with Crippen molar-refractivity contribution in [2.24, 2.45) is 11.8 Å². The molecule has 0 spiro atoms. The van der Waals surface area contributed by atoms with E-state index in [2.05, 4.69) is 33.8 Å². The molecule has 0 saturated carbocycles. The van der Waals surface area contributed by atoms with Crippen LogP contribution in [0.1, 0.15) is 38.8 Å². The molecule has 2 nitrogen and oxygen atoms in total. The molecule has 0 bridgehead atoms. The largest absolute Gasteiger partial charge is 0.302 e. The first-order valence-electron chi connectivity index (χ1n) is 7.54. The summed E-state index contributed by atoms with van der Waals surface area (Å²) in [5, 5.41) is 1.96. The lowest BCUT2D eigenvalue weighted by Crippen LogP contribution is -2.08. The summed E-state index contributed by atoms with van der Waals surface area (Å²) in [6.45, 7) is 8.67. The average Bonchev–Trinajstić information content (AvgIpc) is 2.37.